The monoisotopic (exact) mass is 336 g/mol. The third-order valence-electron chi connectivity index (χ3n) is 5.28. The molecule has 1 aliphatic heterocycles. The maximum Gasteiger partial charge on any atom is 0.259 e. The van der Waals surface area contributed by atoms with Gasteiger partial charge in [0.25, 0.3) is 5.91 Å². The lowest BCUT2D eigenvalue weighted by atomic mass is 9.80. The first-order chi connectivity index (χ1) is 11.3. The average molecular weight is 336 g/mol. The quantitative estimate of drug-likeness (QED) is 0.868. The molecule has 3 atom stereocenters. The highest BCUT2D eigenvalue weighted by atomic mass is 19.1. The van der Waals surface area contributed by atoms with Gasteiger partial charge in [0.2, 0.25) is 0 Å². The molecular weight excluding hydrogens is 307 g/mol. The number of amides is 1. The third-order valence-corrected chi connectivity index (χ3v) is 5.28. The van der Waals surface area contributed by atoms with Crippen LogP contribution in [0, 0.1) is 23.6 Å². The molecule has 3 unspecified atom stereocenters. The van der Waals surface area contributed by atoms with Gasteiger partial charge in [-0.05, 0) is 55.5 Å². The Morgan fingerprint density at radius 3 is 2.54 bits per heavy atom. The van der Waals surface area contributed by atoms with Crippen LogP contribution in [0.15, 0.2) is 24.3 Å². The lowest BCUT2D eigenvalue weighted by Gasteiger charge is -2.42. The van der Waals surface area contributed by atoms with Crippen LogP contribution in [0.25, 0.3) is 0 Å². The summed E-state index contributed by atoms with van der Waals surface area (Å²) in [6.45, 7) is 8.01. The van der Waals surface area contributed by atoms with Crippen LogP contribution in [0.5, 0.6) is 0 Å². The van der Waals surface area contributed by atoms with Crippen LogP contribution in [0.4, 0.5) is 4.39 Å². The normalized spacial score (nSPS) is 24.0. The number of hydrogen-bond donors (Lipinski definition) is 2. The first-order valence-electron chi connectivity index (χ1n) is 8.73. The van der Waals surface area contributed by atoms with E-state index < -0.39 is 5.60 Å². The zero-order chi connectivity index (χ0) is 17.9. The molecule has 5 heteroatoms. The third kappa shape index (κ3) is 3.62. The molecular formula is C19H29FN2O2. The number of aliphatic hydroxyl groups is 1. The van der Waals surface area contributed by atoms with Crippen molar-refractivity contribution in [1.29, 1.82) is 0 Å². The lowest BCUT2D eigenvalue weighted by molar-refractivity contribution is -0.160. The van der Waals surface area contributed by atoms with Crippen LogP contribution in [-0.2, 0) is 10.4 Å². The molecule has 1 amide bonds. The number of nitrogens with zero attached hydrogens (tertiary/aromatic N) is 1. The summed E-state index contributed by atoms with van der Waals surface area (Å²) in [5.74, 6) is -0.0460. The van der Waals surface area contributed by atoms with Gasteiger partial charge < -0.3 is 15.3 Å². The van der Waals surface area contributed by atoms with Crippen LogP contribution in [-0.4, -0.2) is 42.6 Å². The molecule has 2 N–H and O–H groups in total. The van der Waals surface area contributed by atoms with Crippen molar-refractivity contribution in [2.24, 2.45) is 17.8 Å². The van der Waals surface area contributed by atoms with Crippen LogP contribution >= 0.6 is 0 Å². The summed E-state index contributed by atoms with van der Waals surface area (Å²) in [4.78, 5) is 14.9. The van der Waals surface area contributed by atoms with Gasteiger partial charge in [-0.2, -0.15) is 0 Å². The average Bonchev–Trinajstić information content (AvgIpc) is 2.56. The van der Waals surface area contributed by atoms with Crippen molar-refractivity contribution >= 4 is 5.91 Å². The summed E-state index contributed by atoms with van der Waals surface area (Å²) in [7, 11) is 1.94. The molecule has 1 saturated heterocycles. The number of carbonyl (C=O) groups excluding carboxylic acids is 1. The molecule has 0 bridgehead atoms. The predicted molar refractivity (Wildman–Crippen MR) is 92.9 cm³/mol. The number of benzene rings is 1. The first kappa shape index (κ1) is 18.9. The lowest BCUT2D eigenvalue weighted by Crippen LogP contribution is -2.54. The van der Waals surface area contributed by atoms with Crippen LogP contribution in [0.3, 0.4) is 0 Å². The molecule has 0 spiro atoms. The molecule has 1 aliphatic rings. The minimum Gasteiger partial charge on any atom is -0.375 e. The maximum atomic E-state index is 13.2. The van der Waals surface area contributed by atoms with Gasteiger partial charge in [0.15, 0.2) is 5.60 Å². The number of piperidine rings is 1. The molecule has 0 aromatic heterocycles. The zero-order valence-electron chi connectivity index (χ0n) is 15.1. The molecule has 1 aromatic rings. The van der Waals surface area contributed by atoms with E-state index >= 15 is 0 Å². The minimum absolute atomic E-state index is 0.279. The second-order valence-corrected chi connectivity index (χ2v) is 7.26. The number of likely N-dealkylation sites (tertiary alicyclic amines) is 1. The Hall–Kier alpha value is -1.46. The molecule has 4 nitrogen and oxygen atoms in total. The van der Waals surface area contributed by atoms with E-state index in [9.17, 15) is 14.3 Å². The second-order valence-electron chi connectivity index (χ2n) is 7.26. The fraction of sp³-hybridized carbons (Fsp3) is 0.632. The zero-order valence-corrected chi connectivity index (χ0v) is 15.1. The number of rotatable bonds is 5. The summed E-state index contributed by atoms with van der Waals surface area (Å²) in [6.07, 6.45) is 0.922. The highest BCUT2D eigenvalue weighted by molar-refractivity contribution is 5.86. The Kier molecular flexibility index (Phi) is 5.99. The van der Waals surface area contributed by atoms with E-state index in [-0.39, 0.29) is 17.6 Å². The summed E-state index contributed by atoms with van der Waals surface area (Å²) in [5, 5.41) is 14.4. The van der Waals surface area contributed by atoms with Gasteiger partial charge in [0.05, 0.1) is 0 Å². The van der Waals surface area contributed by atoms with Crippen molar-refractivity contribution in [3.63, 3.8) is 0 Å². The molecule has 0 aliphatic carbocycles. The molecule has 1 heterocycles. The van der Waals surface area contributed by atoms with Gasteiger partial charge in [-0.3, -0.25) is 4.79 Å². The standard InChI is InChI=1S/C19H29FN2O2/c1-13(2)19(24,16-5-7-17(20)8-6-16)18(23)22-10-9-15(11-21-4)14(3)12-22/h5-8,13-15,21,24H,9-12H2,1-4H3. The second kappa shape index (κ2) is 7.62. The van der Waals surface area contributed by atoms with Gasteiger partial charge in [0, 0.05) is 13.1 Å². The highest BCUT2D eigenvalue weighted by Crippen LogP contribution is 2.34. The Balaban J connectivity index is 2.22. The van der Waals surface area contributed by atoms with Crippen LogP contribution in [0.1, 0.15) is 32.8 Å². The SMILES string of the molecule is CNCC1CCN(C(=O)C(O)(c2ccc(F)cc2)C(C)C)CC1C. The Labute approximate surface area is 144 Å². The predicted octanol–water partition coefficient (Wildman–Crippen LogP) is 2.37. The fourth-order valence-corrected chi connectivity index (χ4v) is 3.59. The van der Waals surface area contributed by atoms with Crippen molar-refractivity contribution in [1.82, 2.24) is 10.2 Å². The van der Waals surface area contributed by atoms with Crippen molar-refractivity contribution < 1.29 is 14.3 Å². The van der Waals surface area contributed by atoms with E-state index in [1.807, 2.05) is 20.9 Å². The smallest absolute Gasteiger partial charge is 0.259 e. The van der Waals surface area contributed by atoms with Gasteiger partial charge in [-0.25, -0.2) is 4.39 Å². The summed E-state index contributed by atoms with van der Waals surface area (Å²) < 4.78 is 13.2. The molecule has 0 radical (unpaired) electrons. The van der Waals surface area contributed by atoms with Crippen LogP contribution < -0.4 is 5.32 Å². The number of carbonyl (C=O) groups is 1. The number of halogens is 1. The van der Waals surface area contributed by atoms with E-state index in [4.69, 9.17) is 0 Å². The molecule has 1 aromatic carbocycles. The van der Waals surface area contributed by atoms with E-state index in [1.165, 1.54) is 24.3 Å². The molecule has 134 valence electrons. The van der Waals surface area contributed by atoms with E-state index in [2.05, 4.69) is 12.2 Å². The van der Waals surface area contributed by atoms with Crippen molar-refractivity contribution in [3.05, 3.63) is 35.6 Å². The Bertz CT molecular complexity index is 561. The van der Waals surface area contributed by atoms with Crippen LogP contribution in [0.2, 0.25) is 0 Å². The summed E-state index contributed by atoms with van der Waals surface area (Å²) >= 11 is 0. The van der Waals surface area contributed by atoms with E-state index in [1.54, 1.807) is 4.90 Å². The van der Waals surface area contributed by atoms with E-state index in [0.717, 1.165) is 13.0 Å². The molecule has 2 rings (SSSR count). The van der Waals surface area contributed by atoms with Gasteiger partial charge >= 0.3 is 0 Å². The minimum atomic E-state index is -1.62. The van der Waals surface area contributed by atoms with Gasteiger partial charge in [-0.15, -0.1) is 0 Å². The molecule has 0 saturated carbocycles. The summed E-state index contributed by atoms with van der Waals surface area (Å²) in [5.41, 5.74) is -1.17. The molecule has 24 heavy (non-hydrogen) atoms. The Morgan fingerprint density at radius 2 is 2.04 bits per heavy atom. The molecule has 1 fully saturated rings. The Morgan fingerprint density at radius 1 is 1.42 bits per heavy atom. The topological polar surface area (TPSA) is 52.6 Å². The first-order valence-corrected chi connectivity index (χ1v) is 8.73. The number of nitrogens with one attached hydrogen (secondary N) is 1. The fourth-order valence-electron chi connectivity index (χ4n) is 3.59. The van der Waals surface area contributed by atoms with Crippen molar-refractivity contribution in [3.8, 4) is 0 Å². The van der Waals surface area contributed by atoms with Gasteiger partial charge in [-0.1, -0.05) is 32.9 Å². The number of hydrogen-bond acceptors (Lipinski definition) is 3. The largest absolute Gasteiger partial charge is 0.375 e. The maximum absolute atomic E-state index is 13.2. The van der Waals surface area contributed by atoms with Crippen molar-refractivity contribution in [2.45, 2.75) is 32.8 Å². The van der Waals surface area contributed by atoms with Crippen molar-refractivity contribution in [2.75, 3.05) is 26.7 Å². The highest BCUT2D eigenvalue weighted by Gasteiger charge is 2.45. The summed E-state index contributed by atoms with van der Waals surface area (Å²) in [6, 6.07) is 5.59. The van der Waals surface area contributed by atoms with Gasteiger partial charge in [0.1, 0.15) is 5.82 Å². The van der Waals surface area contributed by atoms with E-state index in [0.29, 0.717) is 30.5 Å².